The van der Waals surface area contributed by atoms with Crippen molar-refractivity contribution < 1.29 is 9.47 Å². The molecule has 0 spiro atoms. The maximum atomic E-state index is 12.4. The van der Waals surface area contributed by atoms with Crippen LogP contribution in [0.4, 0.5) is 5.69 Å². The van der Waals surface area contributed by atoms with E-state index in [4.69, 9.17) is 9.47 Å². The number of benzene rings is 1. The quantitative estimate of drug-likeness (QED) is 0.702. The van der Waals surface area contributed by atoms with Crippen molar-refractivity contribution in [2.45, 2.75) is 12.8 Å². The van der Waals surface area contributed by atoms with Crippen LogP contribution in [0.2, 0.25) is 0 Å². The van der Waals surface area contributed by atoms with Crippen molar-refractivity contribution >= 4 is 60.0 Å². The summed E-state index contributed by atoms with van der Waals surface area (Å²) in [7, 11) is 1.65. The zero-order valence-corrected chi connectivity index (χ0v) is 18.0. The van der Waals surface area contributed by atoms with Crippen LogP contribution in [0.15, 0.2) is 22.0 Å². The fourth-order valence-corrected chi connectivity index (χ4v) is 3.42. The van der Waals surface area contributed by atoms with E-state index in [1.807, 2.05) is 17.1 Å². The van der Waals surface area contributed by atoms with Crippen molar-refractivity contribution in [3.63, 3.8) is 0 Å². The predicted molar refractivity (Wildman–Crippen MR) is 120 cm³/mol. The number of hydrogen-bond acceptors (Lipinski definition) is 6. The van der Waals surface area contributed by atoms with Crippen LogP contribution in [0, 0.1) is 0 Å². The second-order valence-electron chi connectivity index (χ2n) is 6.29. The van der Waals surface area contributed by atoms with Crippen LogP contribution in [-0.4, -0.2) is 56.2 Å². The van der Waals surface area contributed by atoms with E-state index in [0.29, 0.717) is 13.2 Å². The minimum atomic E-state index is -0.0287. The predicted octanol–water partition coefficient (Wildman–Crippen LogP) is 2.83. The first-order valence-corrected chi connectivity index (χ1v) is 8.63. The van der Waals surface area contributed by atoms with Gasteiger partial charge >= 0.3 is 0 Å². The lowest BCUT2D eigenvalue weighted by Gasteiger charge is -2.23. The molecule has 1 aromatic heterocycles. The molecular formula is C18H25Cl3N4O3. The molecule has 1 fully saturated rings. The van der Waals surface area contributed by atoms with Crippen LogP contribution in [0.1, 0.15) is 17.5 Å². The van der Waals surface area contributed by atoms with Gasteiger partial charge in [-0.25, -0.2) is 0 Å². The fraction of sp³-hybridized carbons (Fsp3) is 0.444. The standard InChI is InChI=1S/C18H22N4O3.3ClH/c1-24-15-10-12(11-20-22-5-7-25-8-6-22)9-14-16(15)17-13(18(23)21-14)3-2-4-19-17;;;/h9-11,19H,2-8H2,1H3,(H,21,23);3*1H/b20-11+;;;. The molecule has 28 heavy (non-hydrogen) atoms. The van der Waals surface area contributed by atoms with Crippen molar-refractivity contribution in [1.82, 2.24) is 9.99 Å². The average Bonchev–Trinajstić information content (AvgIpc) is 2.66. The zero-order chi connectivity index (χ0) is 17.2. The van der Waals surface area contributed by atoms with Crippen LogP contribution in [-0.2, 0) is 11.2 Å². The Morgan fingerprint density at radius 1 is 1.21 bits per heavy atom. The van der Waals surface area contributed by atoms with Gasteiger partial charge in [-0.1, -0.05) is 0 Å². The summed E-state index contributed by atoms with van der Waals surface area (Å²) < 4.78 is 10.9. The first-order chi connectivity index (χ1) is 12.3. The Hall–Kier alpha value is -1.67. The molecule has 2 aliphatic rings. The highest BCUT2D eigenvalue weighted by Crippen LogP contribution is 2.35. The first kappa shape index (κ1) is 24.4. The monoisotopic (exact) mass is 450 g/mol. The molecule has 4 rings (SSSR count). The molecule has 0 radical (unpaired) electrons. The SMILES string of the molecule is COc1cc(/C=N/N2CCOCC2)cc2[nH]c(=O)c3c(c12)NCCC3.Cl.Cl.Cl. The topological polar surface area (TPSA) is 79.0 Å². The number of H-pyrrole nitrogens is 1. The number of pyridine rings is 1. The molecule has 0 saturated carbocycles. The van der Waals surface area contributed by atoms with E-state index in [2.05, 4.69) is 15.4 Å². The molecule has 2 N–H and O–H groups in total. The number of nitrogens with zero attached hydrogens (tertiary/aromatic N) is 2. The van der Waals surface area contributed by atoms with E-state index in [9.17, 15) is 4.79 Å². The molecule has 0 unspecified atom stereocenters. The summed E-state index contributed by atoms with van der Waals surface area (Å²) in [6.45, 7) is 3.84. The van der Waals surface area contributed by atoms with Crippen molar-refractivity contribution in [2.75, 3.05) is 45.3 Å². The summed E-state index contributed by atoms with van der Waals surface area (Å²) in [6, 6.07) is 3.90. The molecule has 2 aromatic rings. The normalized spacial score (nSPS) is 15.7. The molecule has 2 aliphatic heterocycles. The maximum absolute atomic E-state index is 12.4. The number of aromatic nitrogens is 1. The number of methoxy groups -OCH3 is 1. The highest BCUT2D eigenvalue weighted by atomic mass is 35.5. The number of ether oxygens (including phenoxy) is 2. The summed E-state index contributed by atoms with van der Waals surface area (Å²) in [5, 5.41) is 10.8. The first-order valence-electron chi connectivity index (χ1n) is 8.63. The van der Waals surface area contributed by atoms with Crippen molar-refractivity contribution in [3.8, 4) is 5.75 Å². The number of rotatable bonds is 3. The van der Waals surface area contributed by atoms with Crippen LogP contribution in [0.3, 0.4) is 0 Å². The molecule has 0 aliphatic carbocycles. The van der Waals surface area contributed by atoms with Gasteiger partial charge in [0.2, 0.25) is 0 Å². The summed E-state index contributed by atoms with van der Waals surface area (Å²) in [5.41, 5.74) is 3.34. The van der Waals surface area contributed by atoms with E-state index < -0.39 is 0 Å². The Kier molecular flexibility index (Phi) is 9.36. The number of hydrazone groups is 1. The number of aromatic amines is 1. The van der Waals surface area contributed by atoms with Gasteiger partial charge in [0, 0.05) is 17.7 Å². The Morgan fingerprint density at radius 2 is 1.96 bits per heavy atom. The molecule has 0 bridgehead atoms. The Bertz CT molecular complexity index is 882. The van der Waals surface area contributed by atoms with Gasteiger partial charge < -0.3 is 19.8 Å². The Balaban J connectivity index is 0.00000131. The van der Waals surface area contributed by atoms with Crippen molar-refractivity contribution in [3.05, 3.63) is 33.6 Å². The van der Waals surface area contributed by atoms with E-state index >= 15 is 0 Å². The van der Waals surface area contributed by atoms with E-state index in [0.717, 1.165) is 65.9 Å². The molecule has 1 saturated heterocycles. The van der Waals surface area contributed by atoms with Gasteiger partial charge in [-0.3, -0.25) is 9.80 Å². The number of halogens is 3. The molecule has 1 aromatic carbocycles. The van der Waals surface area contributed by atoms with E-state index in [1.54, 1.807) is 13.3 Å². The summed E-state index contributed by atoms with van der Waals surface area (Å²) in [5.74, 6) is 0.739. The summed E-state index contributed by atoms with van der Waals surface area (Å²) in [6.07, 6.45) is 3.56. The molecular weight excluding hydrogens is 427 g/mol. The highest BCUT2D eigenvalue weighted by molar-refractivity contribution is 6.01. The van der Waals surface area contributed by atoms with Gasteiger partial charge in [-0.05, 0) is 25.0 Å². The number of nitrogens with one attached hydrogen (secondary N) is 2. The Morgan fingerprint density at radius 3 is 2.68 bits per heavy atom. The van der Waals surface area contributed by atoms with Gasteiger partial charge in [0.05, 0.1) is 56.2 Å². The number of hydrogen-bond donors (Lipinski definition) is 2. The summed E-state index contributed by atoms with van der Waals surface area (Å²) in [4.78, 5) is 15.4. The highest BCUT2D eigenvalue weighted by Gasteiger charge is 2.19. The fourth-order valence-electron chi connectivity index (χ4n) is 3.42. The smallest absolute Gasteiger partial charge is 0.253 e. The Labute approximate surface area is 182 Å². The van der Waals surface area contributed by atoms with Gasteiger partial charge in [0.15, 0.2) is 0 Å². The lowest BCUT2D eigenvalue weighted by Crippen LogP contribution is -2.32. The van der Waals surface area contributed by atoms with Gasteiger partial charge in [0.1, 0.15) is 5.75 Å². The second-order valence-corrected chi connectivity index (χ2v) is 6.29. The van der Waals surface area contributed by atoms with Gasteiger partial charge in [-0.15, -0.1) is 37.2 Å². The zero-order valence-electron chi connectivity index (χ0n) is 15.5. The molecule has 10 heteroatoms. The van der Waals surface area contributed by atoms with Crippen molar-refractivity contribution in [1.29, 1.82) is 0 Å². The third-order valence-electron chi connectivity index (χ3n) is 4.68. The lowest BCUT2D eigenvalue weighted by atomic mass is 10.00. The number of anilines is 1. The van der Waals surface area contributed by atoms with Crippen LogP contribution >= 0.6 is 37.2 Å². The minimum absolute atomic E-state index is 0. The second kappa shape index (κ2) is 10.8. The van der Waals surface area contributed by atoms with Crippen LogP contribution in [0.25, 0.3) is 10.9 Å². The third kappa shape index (κ3) is 4.84. The molecule has 7 nitrogen and oxygen atoms in total. The largest absolute Gasteiger partial charge is 0.496 e. The van der Waals surface area contributed by atoms with E-state index in [1.165, 1.54) is 0 Å². The maximum Gasteiger partial charge on any atom is 0.253 e. The summed E-state index contributed by atoms with van der Waals surface area (Å²) >= 11 is 0. The average molecular weight is 452 g/mol. The molecule has 0 atom stereocenters. The minimum Gasteiger partial charge on any atom is -0.496 e. The molecule has 3 heterocycles. The van der Waals surface area contributed by atoms with Gasteiger partial charge in [0.25, 0.3) is 5.56 Å². The van der Waals surface area contributed by atoms with Crippen LogP contribution in [0.5, 0.6) is 5.75 Å². The number of morpholine rings is 1. The number of fused-ring (bicyclic) bond motifs is 3. The lowest BCUT2D eigenvalue weighted by molar-refractivity contribution is 0.0397. The molecule has 0 amide bonds. The van der Waals surface area contributed by atoms with Crippen LogP contribution < -0.4 is 15.6 Å². The van der Waals surface area contributed by atoms with Gasteiger partial charge in [-0.2, -0.15) is 5.10 Å². The third-order valence-corrected chi connectivity index (χ3v) is 4.68. The molecule has 156 valence electrons. The van der Waals surface area contributed by atoms with E-state index in [-0.39, 0.29) is 42.8 Å². The van der Waals surface area contributed by atoms with Crippen molar-refractivity contribution in [2.24, 2.45) is 5.10 Å².